The average Bonchev–Trinajstić information content (AvgIpc) is 2.43. The number of fused-ring (bicyclic) bond motifs is 1. The van der Waals surface area contributed by atoms with Gasteiger partial charge in [0, 0.05) is 13.0 Å². The van der Waals surface area contributed by atoms with Gasteiger partial charge in [-0.25, -0.2) is 0 Å². The van der Waals surface area contributed by atoms with E-state index in [0.717, 1.165) is 13.0 Å². The maximum Gasteiger partial charge on any atom is 0.308 e. The van der Waals surface area contributed by atoms with Crippen molar-refractivity contribution in [1.82, 2.24) is 4.90 Å². The number of carbonyl (C=O) groups is 2. The van der Waals surface area contributed by atoms with Crippen LogP contribution in [0.5, 0.6) is 0 Å². The fourth-order valence-electron chi connectivity index (χ4n) is 1.98. The van der Waals surface area contributed by atoms with Gasteiger partial charge in [0.2, 0.25) is 7.85 Å². The molecule has 0 bridgehead atoms. The largest absolute Gasteiger partial charge is 0.460 e. The Morgan fingerprint density at radius 3 is 3.08 bits per heavy atom. The first kappa shape index (κ1) is 7.64. The molecule has 0 aromatic rings. The summed E-state index contributed by atoms with van der Waals surface area (Å²) in [5, 5.41) is 0. The molecule has 0 spiro atoms. The molecule has 2 unspecified atom stereocenters. The Balaban J connectivity index is 2.13. The minimum atomic E-state index is -0.170. The minimum Gasteiger partial charge on any atom is -0.460 e. The number of likely N-dealkylation sites (tertiary alicyclic amines) is 1. The van der Waals surface area contributed by atoms with Gasteiger partial charge in [-0.2, -0.15) is 0 Å². The number of nitrogens with zero attached hydrogens (tertiary/aromatic N) is 1. The van der Waals surface area contributed by atoms with E-state index in [2.05, 4.69) is 0 Å². The van der Waals surface area contributed by atoms with E-state index in [9.17, 15) is 9.59 Å². The summed E-state index contributed by atoms with van der Waals surface area (Å²) in [4.78, 5) is 23.7. The molecule has 2 heterocycles. The molecular formula is C7H10BNO3. The van der Waals surface area contributed by atoms with Crippen molar-refractivity contribution >= 4 is 19.6 Å². The van der Waals surface area contributed by atoms with Crippen molar-refractivity contribution in [2.24, 2.45) is 0 Å². The smallest absolute Gasteiger partial charge is 0.308 e. The molecule has 2 atom stereocenters. The Hall–Kier alpha value is -0.995. The van der Waals surface area contributed by atoms with Crippen LogP contribution in [0.3, 0.4) is 0 Å². The van der Waals surface area contributed by atoms with Gasteiger partial charge < -0.3 is 9.64 Å². The SMILES string of the molecule is BC(=O)N1CCC2OC(=O)CC21. The third-order valence-electron chi connectivity index (χ3n) is 2.55. The number of carbonyl (C=O) groups excluding carboxylic acids is 2. The number of hydrogen-bond acceptors (Lipinski definition) is 3. The van der Waals surface area contributed by atoms with Crippen molar-refractivity contribution < 1.29 is 14.3 Å². The van der Waals surface area contributed by atoms with Gasteiger partial charge in [0.1, 0.15) is 6.10 Å². The molecule has 2 aliphatic heterocycles. The molecule has 12 heavy (non-hydrogen) atoms. The van der Waals surface area contributed by atoms with Crippen LogP contribution in [0.15, 0.2) is 0 Å². The third kappa shape index (κ3) is 1.00. The van der Waals surface area contributed by atoms with E-state index in [4.69, 9.17) is 4.74 Å². The van der Waals surface area contributed by atoms with Crippen LogP contribution in [0, 0.1) is 0 Å². The van der Waals surface area contributed by atoms with Crippen LogP contribution in [0.2, 0.25) is 0 Å². The first-order valence-corrected chi connectivity index (χ1v) is 4.15. The number of rotatable bonds is 0. The maximum atomic E-state index is 11.1. The molecule has 0 aromatic heterocycles. The predicted octanol–water partition coefficient (Wildman–Crippen LogP) is -0.871. The third-order valence-corrected chi connectivity index (χ3v) is 2.55. The van der Waals surface area contributed by atoms with Gasteiger partial charge in [-0.3, -0.25) is 9.59 Å². The van der Waals surface area contributed by atoms with Crippen molar-refractivity contribution in [1.29, 1.82) is 0 Å². The standard InChI is InChI=1S/C7H10BNO3/c8-7(11)9-2-1-5-4(9)3-6(10)12-5/h4-5H,1-3,8H2. The van der Waals surface area contributed by atoms with Crippen LogP contribution in [0.25, 0.3) is 0 Å². The molecule has 64 valence electrons. The molecule has 0 radical (unpaired) electrons. The van der Waals surface area contributed by atoms with E-state index in [-0.39, 0.29) is 23.9 Å². The zero-order valence-corrected chi connectivity index (χ0v) is 6.95. The summed E-state index contributed by atoms with van der Waals surface area (Å²) in [5.41, 5.74) is 0. The Morgan fingerprint density at radius 1 is 1.67 bits per heavy atom. The van der Waals surface area contributed by atoms with E-state index >= 15 is 0 Å². The summed E-state index contributed by atoms with van der Waals surface area (Å²) >= 11 is 0. The van der Waals surface area contributed by atoms with Crippen molar-refractivity contribution in [2.45, 2.75) is 25.0 Å². The van der Waals surface area contributed by atoms with Gasteiger partial charge in [-0.15, -0.1) is 0 Å². The maximum absolute atomic E-state index is 11.1. The lowest BCUT2D eigenvalue weighted by Crippen LogP contribution is -2.36. The van der Waals surface area contributed by atoms with Crippen LogP contribution in [0.4, 0.5) is 4.79 Å². The van der Waals surface area contributed by atoms with Crippen LogP contribution in [0.1, 0.15) is 12.8 Å². The van der Waals surface area contributed by atoms with Crippen molar-refractivity contribution in [3.05, 3.63) is 0 Å². The Labute approximate surface area is 71.3 Å². The number of hydrogen-bond donors (Lipinski definition) is 0. The molecule has 2 fully saturated rings. The summed E-state index contributed by atoms with van der Waals surface area (Å²) in [6.45, 7) is 0.734. The first-order chi connectivity index (χ1) is 5.68. The van der Waals surface area contributed by atoms with Gasteiger partial charge in [-0.1, -0.05) is 0 Å². The van der Waals surface area contributed by atoms with Gasteiger partial charge in [0.25, 0.3) is 0 Å². The molecule has 0 saturated carbocycles. The Kier molecular flexibility index (Phi) is 1.59. The van der Waals surface area contributed by atoms with Crippen LogP contribution >= 0.6 is 0 Å². The highest BCUT2D eigenvalue weighted by Crippen LogP contribution is 2.29. The van der Waals surface area contributed by atoms with Crippen molar-refractivity contribution in [2.75, 3.05) is 6.54 Å². The van der Waals surface area contributed by atoms with E-state index in [1.54, 1.807) is 4.90 Å². The van der Waals surface area contributed by atoms with E-state index in [0.29, 0.717) is 6.42 Å². The summed E-state index contributed by atoms with van der Waals surface area (Å²) in [7, 11) is 1.53. The van der Waals surface area contributed by atoms with Gasteiger partial charge in [-0.05, 0) is 0 Å². The molecule has 0 aliphatic carbocycles. The summed E-state index contributed by atoms with van der Waals surface area (Å²) < 4.78 is 5.03. The lowest BCUT2D eigenvalue weighted by Gasteiger charge is -2.19. The second kappa shape index (κ2) is 2.50. The molecule has 2 rings (SSSR count). The van der Waals surface area contributed by atoms with Gasteiger partial charge >= 0.3 is 5.97 Å². The Bertz CT molecular complexity index is 243. The van der Waals surface area contributed by atoms with Crippen molar-refractivity contribution in [3.8, 4) is 0 Å². The second-order valence-corrected chi connectivity index (χ2v) is 3.30. The zero-order chi connectivity index (χ0) is 8.72. The van der Waals surface area contributed by atoms with Gasteiger partial charge in [0.05, 0.1) is 12.5 Å². The molecular weight excluding hydrogens is 157 g/mol. The lowest BCUT2D eigenvalue weighted by molar-refractivity contribution is -0.141. The van der Waals surface area contributed by atoms with Crippen LogP contribution < -0.4 is 0 Å². The number of ether oxygens (including phenoxy) is 1. The highest BCUT2D eigenvalue weighted by Gasteiger charge is 2.44. The molecule has 0 aromatic carbocycles. The number of amides is 1. The normalized spacial score (nSPS) is 33.3. The van der Waals surface area contributed by atoms with E-state index in [1.807, 2.05) is 0 Å². The highest BCUT2D eigenvalue weighted by atomic mass is 16.6. The minimum absolute atomic E-state index is 0.0231. The van der Waals surface area contributed by atoms with Crippen molar-refractivity contribution in [3.63, 3.8) is 0 Å². The predicted molar refractivity (Wildman–Crippen MR) is 43.5 cm³/mol. The fraction of sp³-hybridized carbons (Fsp3) is 0.714. The second-order valence-electron chi connectivity index (χ2n) is 3.30. The molecule has 0 N–H and O–H groups in total. The fourth-order valence-corrected chi connectivity index (χ4v) is 1.98. The molecule has 5 heteroatoms. The van der Waals surface area contributed by atoms with Crippen LogP contribution in [-0.4, -0.2) is 43.2 Å². The van der Waals surface area contributed by atoms with E-state index in [1.165, 1.54) is 7.85 Å². The monoisotopic (exact) mass is 167 g/mol. The summed E-state index contributed by atoms with van der Waals surface area (Å²) in [6, 6.07) is 0.0231. The lowest BCUT2D eigenvalue weighted by atomic mass is 10.1. The summed E-state index contributed by atoms with van der Waals surface area (Å²) in [5.74, 6) is -0.128. The molecule has 2 saturated heterocycles. The molecule has 1 amide bonds. The number of esters is 1. The zero-order valence-electron chi connectivity index (χ0n) is 6.95. The van der Waals surface area contributed by atoms with Crippen LogP contribution in [-0.2, 0) is 9.53 Å². The summed E-state index contributed by atoms with van der Waals surface area (Å²) in [6.07, 6.45) is 1.15. The van der Waals surface area contributed by atoms with Gasteiger partial charge in [0.15, 0.2) is 5.81 Å². The topological polar surface area (TPSA) is 46.6 Å². The highest BCUT2D eigenvalue weighted by molar-refractivity contribution is 6.57. The Morgan fingerprint density at radius 2 is 2.42 bits per heavy atom. The molecule has 4 nitrogen and oxygen atoms in total. The first-order valence-electron chi connectivity index (χ1n) is 4.15. The van der Waals surface area contributed by atoms with E-state index < -0.39 is 0 Å². The quantitative estimate of drug-likeness (QED) is 0.348. The average molecular weight is 167 g/mol. The molecule has 2 aliphatic rings.